The van der Waals surface area contributed by atoms with E-state index in [9.17, 15) is 9.59 Å². The summed E-state index contributed by atoms with van der Waals surface area (Å²) in [6.07, 6.45) is 0. The molecule has 4 aliphatic heterocycles. The molecule has 2 aromatic rings. The average molecular weight is 464 g/mol. The molecule has 2 atom stereocenters. The highest BCUT2D eigenvalue weighted by molar-refractivity contribution is 6.15. The smallest absolute Gasteiger partial charge is 0.244 e. The Hall–Kier alpha value is -3.10. The molecule has 0 saturated carbocycles. The van der Waals surface area contributed by atoms with Gasteiger partial charge in [-0.25, -0.2) is 0 Å². The van der Waals surface area contributed by atoms with Gasteiger partial charge in [0.15, 0.2) is 11.5 Å². The third kappa shape index (κ3) is 3.27. The van der Waals surface area contributed by atoms with Crippen molar-refractivity contribution < 1.29 is 23.8 Å². The largest absolute Gasteiger partial charge is 0.486 e. The molecule has 34 heavy (non-hydrogen) atoms. The van der Waals surface area contributed by atoms with Crippen molar-refractivity contribution in [1.29, 1.82) is 0 Å². The molecule has 0 unspecified atom stereocenters. The normalized spacial score (nSPS) is 26.3. The van der Waals surface area contributed by atoms with Crippen LogP contribution in [0.4, 0.5) is 5.69 Å². The molecule has 8 heteroatoms. The third-order valence-electron chi connectivity index (χ3n) is 7.56. The summed E-state index contributed by atoms with van der Waals surface area (Å²) in [5.74, 6) is 1.13. The summed E-state index contributed by atoms with van der Waals surface area (Å²) in [7, 11) is 1.79. The SMILES string of the molecule is CN1C(=O)[C@@]2(C(=O)N3CCOCC3)CN(Cc3ccc4c(c3)OCCO4)C[C@H]2c2ccccc21. The third-order valence-corrected chi connectivity index (χ3v) is 7.56. The van der Waals surface area contributed by atoms with Gasteiger partial charge in [-0.15, -0.1) is 0 Å². The van der Waals surface area contributed by atoms with Crippen molar-refractivity contribution in [1.82, 2.24) is 9.80 Å². The maximum atomic E-state index is 14.1. The minimum atomic E-state index is -1.13. The number of hydrogen-bond donors (Lipinski definition) is 0. The average Bonchev–Trinajstić information content (AvgIpc) is 3.27. The van der Waals surface area contributed by atoms with Crippen LogP contribution in [-0.4, -0.2) is 81.3 Å². The van der Waals surface area contributed by atoms with Gasteiger partial charge in [-0.2, -0.15) is 0 Å². The lowest BCUT2D eigenvalue weighted by atomic mass is 9.69. The highest BCUT2D eigenvalue weighted by atomic mass is 16.6. The van der Waals surface area contributed by atoms with E-state index in [-0.39, 0.29) is 17.7 Å². The Bertz CT molecular complexity index is 1130. The zero-order valence-corrected chi connectivity index (χ0v) is 19.4. The van der Waals surface area contributed by atoms with E-state index in [1.807, 2.05) is 41.3 Å². The minimum absolute atomic E-state index is 0.0724. The Morgan fingerprint density at radius 1 is 1.03 bits per heavy atom. The van der Waals surface area contributed by atoms with E-state index >= 15 is 0 Å². The number of benzene rings is 2. The van der Waals surface area contributed by atoms with Gasteiger partial charge in [-0.3, -0.25) is 14.5 Å². The number of para-hydroxylation sites is 1. The Morgan fingerprint density at radius 3 is 2.62 bits per heavy atom. The Labute approximate surface area is 199 Å². The first-order valence-electron chi connectivity index (χ1n) is 11.9. The number of hydrogen-bond acceptors (Lipinski definition) is 6. The zero-order valence-electron chi connectivity index (χ0n) is 19.4. The number of morpholine rings is 1. The molecule has 0 spiro atoms. The van der Waals surface area contributed by atoms with Gasteiger partial charge in [0.25, 0.3) is 0 Å². The van der Waals surface area contributed by atoms with Crippen LogP contribution in [0.25, 0.3) is 0 Å². The van der Waals surface area contributed by atoms with E-state index in [2.05, 4.69) is 11.0 Å². The lowest BCUT2D eigenvalue weighted by molar-refractivity contribution is -0.153. The number of ether oxygens (including phenoxy) is 3. The van der Waals surface area contributed by atoms with E-state index in [1.54, 1.807) is 11.9 Å². The fraction of sp³-hybridized carbons (Fsp3) is 0.462. The van der Waals surface area contributed by atoms with Crippen LogP contribution >= 0.6 is 0 Å². The maximum Gasteiger partial charge on any atom is 0.244 e. The number of carbonyl (C=O) groups excluding carboxylic acids is 2. The van der Waals surface area contributed by atoms with Gasteiger partial charge < -0.3 is 24.0 Å². The standard InChI is InChI=1S/C26H29N3O5/c1-27-21-5-3-2-4-19(21)20-16-28(15-18-6-7-22-23(14-18)34-13-12-33-22)17-26(20,24(27)30)25(31)29-8-10-32-11-9-29/h2-7,14,20H,8-13,15-17H2,1H3/t20-,26+/m0/s1. The van der Waals surface area contributed by atoms with Crippen molar-refractivity contribution in [2.24, 2.45) is 5.41 Å². The minimum Gasteiger partial charge on any atom is -0.486 e. The molecular weight excluding hydrogens is 434 g/mol. The molecule has 8 nitrogen and oxygen atoms in total. The predicted octanol–water partition coefficient (Wildman–Crippen LogP) is 1.88. The van der Waals surface area contributed by atoms with E-state index in [1.165, 1.54) is 0 Å². The van der Waals surface area contributed by atoms with E-state index in [4.69, 9.17) is 14.2 Å². The van der Waals surface area contributed by atoms with Gasteiger partial charge in [-0.1, -0.05) is 24.3 Å². The Balaban J connectivity index is 1.36. The van der Waals surface area contributed by atoms with Gasteiger partial charge >= 0.3 is 0 Å². The number of rotatable bonds is 3. The maximum absolute atomic E-state index is 14.1. The zero-order chi connectivity index (χ0) is 23.3. The molecular formula is C26H29N3O5. The van der Waals surface area contributed by atoms with Crippen molar-refractivity contribution >= 4 is 17.5 Å². The van der Waals surface area contributed by atoms with Crippen LogP contribution in [0.3, 0.4) is 0 Å². The first-order chi connectivity index (χ1) is 16.6. The number of likely N-dealkylation sites (tertiary alicyclic amines) is 1. The molecule has 2 amide bonds. The van der Waals surface area contributed by atoms with Crippen LogP contribution in [-0.2, 0) is 20.9 Å². The lowest BCUT2D eigenvalue weighted by Gasteiger charge is -2.44. The molecule has 0 aromatic heterocycles. The summed E-state index contributed by atoms with van der Waals surface area (Å²) in [4.78, 5) is 33.8. The van der Waals surface area contributed by atoms with Gasteiger partial charge in [-0.05, 0) is 29.3 Å². The highest BCUT2D eigenvalue weighted by Crippen LogP contribution is 2.52. The molecule has 178 valence electrons. The number of amides is 2. The van der Waals surface area contributed by atoms with Crippen LogP contribution in [0.15, 0.2) is 42.5 Å². The van der Waals surface area contributed by atoms with Crippen molar-refractivity contribution in [3.8, 4) is 11.5 Å². The lowest BCUT2D eigenvalue weighted by Crippen LogP contribution is -2.60. The second kappa shape index (κ2) is 8.29. The number of carbonyl (C=O) groups is 2. The second-order valence-corrected chi connectivity index (χ2v) is 9.50. The summed E-state index contributed by atoms with van der Waals surface area (Å²) in [6.45, 7) is 4.81. The first kappa shape index (κ1) is 21.4. The topological polar surface area (TPSA) is 71.6 Å². The molecule has 0 N–H and O–H groups in total. The van der Waals surface area contributed by atoms with Crippen LogP contribution in [0.1, 0.15) is 17.0 Å². The summed E-state index contributed by atoms with van der Waals surface area (Å²) in [5, 5.41) is 0. The monoisotopic (exact) mass is 463 g/mol. The first-order valence-corrected chi connectivity index (χ1v) is 11.9. The summed E-state index contributed by atoms with van der Waals surface area (Å²) < 4.78 is 16.9. The quantitative estimate of drug-likeness (QED) is 0.648. The Kier molecular flexibility index (Phi) is 5.22. The summed E-state index contributed by atoms with van der Waals surface area (Å²) in [6, 6.07) is 14.0. The van der Waals surface area contributed by atoms with Gasteiger partial charge in [0, 0.05) is 51.4 Å². The van der Waals surface area contributed by atoms with Crippen LogP contribution in [0.5, 0.6) is 11.5 Å². The van der Waals surface area contributed by atoms with Gasteiger partial charge in [0.2, 0.25) is 11.8 Å². The number of fused-ring (bicyclic) bond motifs is 4. The van der Waals surface area contributed by atoms with Gasteiger partial charge in [0.1, 0.15) is 18.6 Å². The second-order valence-electron chi connectivity index (χ2n) is 9.50. The fourth-order valence-corrected chi connectivity index (χ4v) is 5.94. The predicted molar refractivity (Wildman–Crippen MR) is 125 cm³/mol. The van der Waals surface area contributed by atoms with Gasteiger partial charge in [0.05, 0.1) is 13.2 Å². The summed E-state index contributed by atoms with van der Waals surface area (Å²) >= 11 is 0. The molecule has 2 aromatic carbocycles. The molecule has 0 radical (unpaired) electrons. The molecule has 4 aliphatic rings. The van der Waals surface area contributed by atoms with Crippen molar-refractivity contribution in [2.45, 2.75) is 12.5 Å². The summed E-state index contributed by atoms with van der Waals surface area (Å²) in [5.41, 5.74) is 1.90. The van der Waals surface area contributed by atoms with Crippen molar-refractivity contribution in [3.63, 3.8) is 0 Å². The Morgan fingerprint density at radius 2 is 1.79 bits per heavy atom. The van der Waals surface area contributed by atoms with Crippen LogP contribution in [0.2, 0.25) is 0 Å². The van der Waals surface area contributed by atoms with Crippen LogP contribution < -0.4 is 14.4 Å². The van der Waals surface area contributed by atoms with Crippen molar-refractivity contribution in [2.75, 3.05) is 64.6 Å². The number of nitrogens with zero attached hydrogens (tertiary/aromatic N) is 3. The number of anilines is 1. The molecule has 6 rings (SSSR count). The molecule has 0 bridgehead atoms. The van der Waals surface area contributed by atoms with Crippen LogP contribution in [0, 0.1) is 5.41 Å². The fourth-order valence-electron chi connectivity index (χ4n) is 5.94. The molecule has 4 heterocycles. The van der Waals surface area contributed by atoms with E-state index < -0.39 is 5.41 Å². The van der Waals surface area contributed by atoms with E-state index in [0.717, 1.165) is 28.3 Å². The van der Waals surface area contributed by atoms with Crippen molar-refractivity contribution in [3.05, 3.63) is 53.6 Å². The molecule has 0 aliphatic carbocycles. The van der Waals surface area contributed by atoms with E-state index in [0.29, 0.717) is 59.2 Å². The molecule has 2 fully saturated rings. The highest BCUT2D eigenvalue weighted by Gasteiger charge is 2.62. The molecule has 2 saturated heterocycles.